The zero-order chi connectivity index (χ0) is 27.0. The highest BCUT2D eigenvalue weighted by atomic mass is 19.4. The van der Waals surface area contributed by atoms with Gasteiger partial charge >= 0.3 is 6.18 Å². The standard InChI is InChI=1S/C27H28F3N3O4/c1-33(2)15-5-14-31-26(35)23(32-25(34)18-8-10-21(36-3)11-9-18)17-22-12-13-24(37-22)19-6-4-7-20(16-19)27(28,29)30/h4,6-13,16-17H,5,14-15H2,1-3H3,(H,31,35)(H,32,34). The van der Waals surface area contributed by atoms with Gasteiger partial charge in [0.05, 0.1) is 12.7 Å². The van der Waals surface area contributed by atoms with Crippen molar-refractivity contribution in [1.29, 1.82) is 0 Å². The Morgan fingerprint density at radius 1 is 1.05 bits per heavy atom. The SMILES string of the molecule is COc1ccc(C(=O)NC(=Cc2ccc(-c3cccc(C(F)(F)F)c3)o2)C(=O)NCCCN(C)C)cc1. The Bertz CT molecular complexity index is 1250. The summed E-state index contributed by atoms with van der Waals surface area (Å²) in [6.45, 7) is 1.14. The van der Waals surface area contributed by atoms with E-state index in [9.17, 15) is 22.8 Å². The first-order valence-electron chi connectivity index (χ1n) is 11.4. The Hall–Kier alpha value is -4.05. The Morgan fingerprint density at radius 2 is 1.78 bits per heavy atom. The monoisotopic (exact) mass is 515 g/mol. The van der Waals surface area contributed by atoms with Crippen molar-refractivity contribution in [2.45, 2.75) is 12.6 Å². The molecule has 0 aliphatic carbocycles. The second-order valence-corrected chi connectivity index (χ2v) is 8.43. The summed E-state index contributed by atoms with van der Waals surface area (Å²) in [6, 6.07) is 14.1. The van der Waals surface area contributed by atoms with E-state index in [4.69, 9.17) is 9.15 Å². The Labute approximate surface area is 212 Å². The van der Waals surface area contributed by atoms with Gasteiger partial charge in [0.15, 0.2) is 0 Å². The van der Waals surface area contributed by atoms with Crippen LogP contribution < -0.4 is 15.4 Å². The number of benzene rings is 2. The molecular formula is C27H28F3N3O4. The number of furan rings is 1. The predicted molar refractivity (Wildman–Crippen MR) is 134 cm³/mol. The minimum atomic E-state index is -4.49. The molecule has 2 aromatic carbocycles. The number of ether oxygens (including phenoxy) is 1. The van der Waals surface area contributed by atoms with E-state index in [1.165, 1.54) is 37.5 Å². The van der Waals surface area contributed by atoms with E-state index in [1.54, 1.807) is 24.3 Å². The molecule has 0 aliphatic heterocycles. The van der Waals surface area contributed by atoms with Crippen molar-refractivity contribution in [2.75, 3.05) is 34.3 Å². The second kappa shape index (κ2) is 12.3. The third kappa shape index (κ3) is 7.97. The number of methoxy groups -OCH3 is 1. The van der Waals surface area contributed by atoms with E-state index in [0.29, 0.717) is 24.3 Å². The minimum Gasteiger partial charge on any atom is -0.497 e. The summed E-state index contributed by atoms with van der Waals surface area (Å²) >= 11 is 0. The van der Waals surface area contributed by atoms with E-state index in [1.807, 2.05) is 19.0 Å². The first-order chi connectivity index (χ1) is 17.6. The number of halogens is 3. The van der Waals surface area contributed by atoms with Crippen LogP contribution in [0.5, 0.6) is 5.75 Å². The molecule has 0 saturated carbocycles. The van der Waals surface area contributed by atoms with Crippen molar-refractivity contribution >= 4 is 17.9 Å². The summed E-state index contributed by atoms with van der Waals surface area (Å²) in [5, 5.41) is 5.36. The molecule has 0 bridgehead atoms. The summed E-state index contributed by atoms with van der Waals surface area (Å²) in [4.78, 5) is 27.7. The lowest BCUT2D eigenvalue weighted by Crippen LogP contribution is -2.36. The lowest BCUT2D eigenvalue weighted by Gasteiger charge is -2.12. The van der Waals surface area contributed by atoms with Crippen molar-refractivity contribution in [3.8, 4) is 17.1 Å². The summed E-state index contributed by atoms with van der Waals surface area (Å²) < 4.78 is 50.1. The third-order valence-electron chi connectivity index (χ3n) is 5.30. The Balaban J connectivity index is 1.84. The van der Waals surface area contributed by atoms with Crippen LogP contribution in [0.3, 0.4) is 0 Å². The van der Waals surface area contributed by atoms with Gasteiger partial charge < -0.3 is 24.7 Å². The molecule has 0 radical (unpaired) electrons. The molecule has 10 heteroatoms. The fourth-order valence-corrected chi connectivity index (χ4v) is 3.36. The van der Waals surface area contributed by atoms with Gasteiger partial charge in [-0.2, -0.15) is 13.2 Å². The van der Waals surface area contributed by atoms with Gasteiger partial charge in [0.25, 0.3) is 11.8 Å². The van der Waals surface area contributed by atoms with Crippen LogP contribution in [0.4, 0.5) is 13.2 Å². The number of hydrogen-bond acceptors (Lipinski definition) is 5. The molecule has 0 spiro atoms. The first-order valence-corrected chi connectivity index (χ1v) is 11.4. The van der Waals surface area contributed by atoms with Gasteiger partial charge in [-0.05, 0) is 75.6 Å². The van der Waals surface area contributed by atoms with Crippen molar-refractivity contribution in [1.82, 2.24) is 15.5 Å². The zero-order valence-electron chi connectivity index (χ0n) is 20.7. The van der Waals surface area contributed by atoms with Gasteiger partial charge in [-0.3, -0.25) is 9.59 Å². The van der Waals surface area contributed by atoms with Crippen molar-refractivity contribution in [3.05, 3.63) is 83.2 Å². The first kappa shape index (κ1) is 27.5. The molecule has 37 heavy (non-hydrogen) atoms. The number of carbonyl (C=O) groups excluding carboxylic acids is 2. The number of rotatable bonds is 10. The molecule has 3 rings (SSSR count). The van der Waals surface area contributed by atoms with Crippen LogP contribution in [0, 0.1) is 0 Å². The summed E-state index contributed by atoms with van der Waals surface area (Å²) in [7, 11) is 5.34. The van der Waals surface area contributed by atoms with Crippen molar-refractivity contribution in [3.63, 3.8) is 0 Å². The van der Waals surface area contributed by atoms with Crippen LogP contribution in [0.15, 0.2) is 70.8 Å². The van der Waals surface area contributed by atoms with Gasteiger partial charge in [-0.1, -0.05) is 12.1 Å². The van der Waals surface area contributed by atoms with Gasteiger partial charge in [-0.15, -0.1) is 0 Å². The fraction of sp³-hybridized carbons (Fsp3) is 0.259. The molecule has 3 aromatic rings. The minimum absolute atomic E-state index is 0.0735. The highest BCUT2D eigenvalue weighted by molar-refractivity contribution is 6.05. The van der Waals surface area contributed by atoms with Crippen LogP contribution in [-0.4, -0.2) is 51.0 Å². The number of nitrogens with zero attached hydrogens (tertiary/aromatic N) is 1. The van der Waals surface area contributed by atoms with Crippen LogP contribution in [0.2, 0.25) is 0 Å². The zero-order valence-corrected chi connectivity index (χ0v) is 20.7. The Kier molecular flexibility index (Phi) is 9.13. The van der Waals surface area contributed by atoms with Gasteiger partial charge in [0.1, 0.15) is 23.0 Å². The van der Waals surface area contributed by atoms with E-state index in [0.717, 1.165) is 18.7 Å². The normalized spacial score (nSPS) is 11.9. The molecule has 7 nitrogen and oxygen atoms in total. The van der Waals surface area contributed by atoms with E-state index in [-0.39, 0.29) is 22.8 Å². The van der Waals surface area contributed by atoms with Crippen LogP contribution >= 0.6 is 0 Å². The number of carbonyl (C=O) groups is 2. The highest BCUT2D eigenvalue weighted by Gasteiger charge is 2.30. The smallest absolute Gasteiger partial charge is 0.416 e. The molecular weight excluding hydrogens is 487 g/mol. The molecule has 196 valence electrons. The van der Waals surface area contributed by atoms with Crippen LogP contribution in [-0.2, 0) is 11.0 Å². The quantitative estimate of drug-likeness (QED) is 0.299. The Morgan fingerprint density at radius 3 is 2.43 bits per heavy atom. The van der Waals surface area contributed by atoms with Crippen LogP contribution in [0.1, 0.15) is 28.1 Å². The van der Waals surface area contributed by atoms with Gasteiger partial charge in [-0.25, -0.2) is 0 Å². The number of alkyl halides is 3. The van der Waals surface area contributed by atoms with E-state index >= 15 is 0 Å². The molecule has 0 unspecified atom stereocenters. The molecule has 0 atom stereocenters. The highest BCUT2D eigenvalue weighted by Crippen LogP contribution is 2.32. The number of amides is 2. The number of hydrogen-bond donors (Lipinski definition) is 2. The third-order valence-corrected chi connectivity index (χ3v) is 5.30. The maximum atomic E-state index is 13.1. The average Bonchev–Trinajstić information content (AvgIpc) is 3.34. The molecule has 0 fully saturated rings. The lowest BCUT2D eigenvalue weighted by molar-refractivity contribution is -0.137. The van der Waals surface area contributed by atoms with E-state index < -0.39 is 23.6 Å². The van der Waals surface area contributed by atoms with Gasteiger partial charge in [0.2, 0.25) is 0 Å². The van der Waals surface area contributed by atoms with E-state index in [2.05, 4.69) is 10.6 Å². The maximum absolute atomic E-state index is 13.1. The maximum Gasteiger partial charge on any atom is 0.416 e. The number of nitrogens with one attached hydrogen (secondary N) is 2. The molecule has 1 heterocycles. The molecule has 2 amide bonds. The molecule has 0 saturated heterocycles. The van der Waals surface area contributed by atoms with Crippen molar-refractivity contribution < 1.29 is 31.9 Å². The molecule has 0 aliphatic rings. The summed E-state index contributed by atoms with van der Waals surface area (Å²) in [5.74, 6) is -0.117. The molecule has 2 N–H and O–H groups in total. The van der Waals surface area contributed by atoms with Gasteiger partial charge in [0, 0.05) is 23.7 Å². The molecule has 1 aromatic heterocycles. The topological polar surface area (TPSA) is 83.8 Å². The summed E-state index contributed by atoms with van der Waals surface area (Å²) in [5.41, 5.74) is -0.346. The summed E-state index contributed by atoms with van der Waals surface area (Å²) in [6.07, 6.45) is -2.46. The average molecular weight is 516 g/mol. The second-order valence-electron chi connectivity index (χ2n) is 8.43. The fourth-order valence-electron chi connectivity index (χ4n) is 3.36. The van der Waals surface area contributed by atoms with Crippen molar-refractivity contribution in [2.24, 2.45) is 0 Å². The lowest BCUT2D eigenvalue weighted by atomic mass is 10.1. The predicted octanol–water partition coefficient (Wildman–Crippen LogP) is 4.81. The van der Waals surface area contributed by atoms with Crippen LogP contribution in [0.25, 0.3) is 17.4 Å². The largest absolute Gasteiger partial charge is 0.497 e.